The molecule has 0 aliphatic heterocycles. The quantitative estimate of drug-likeness (QED) is 0.501. The number of nitrogens with two attached hydrogens (primary N) is 1. The zero-order valence-electron chi connectivity index (χ0n) is 11.1. The summed E-state index contributed by atoms with van der Waals surface area (Å²) in [6, 6.07) is 16.2. The number of nitrogens with one attached hydrogen (secondary N) is 2. The van der Waals surface area contributed by atoms with Gasteiger partial charge >= 0.3 is 0 Å². The molecule has 1 aromatic heterocycles. The van der Waals surface area contributed by atoms with Gasteiger partial charge in [-0.3, -0.25) is 0 Å². The van der Waals surface area contributed by atoms with Crippen molar-refractivity contribution < 1.29 is 0 Å². The first kappa shape index (κ1) is 12.4. The number of hydrogen-bond donors (Lipinski definition) is 3. The van der Waals surface area contributed by atoms with Crippen LogP contribution in [0, 0.1) is 6.92 Å². The van der Waals surface area contributed by atoms with Crippen LogP contribution >= 0.6 is 0 Å². The first-order valence-electron chi connectivity index (χ1n) is 6.33. The Hall–Kier alpha value is -2.66. The third kappa shape index (κ3) is 2.53. The van der Waals surface area contributed by atoms with Gasteiger partial charge in [-0.15, -0.1) is 0 Å². The van der Waals surface area contributed by atoms with Crippen LogP contribution < -0.4 is 16.6 Å². The summed E-state index contributed by atoms with van der Waals surface area (Å²) >= 11 is 0. The van der Waals surface area contributed by atoms with Gasteiger partial charge in [0.25, 0.3) is 0 Å². The Kier molecular flexibility index (Phi) is 3.18. The SMILES string of the molecule is Cc1nc(NN)cc(Nc2ccc3ccccc3c2)n1. The minimum Gasteiger partial charge on any atom is -0.340 e. The predicted octanol–water partition coefficient (Wildman–Crippen LogP) is 2.97. The molecule has 0 aliphatic rings. The number of fused-ring (bicyclic) bond motifs is 1. The Morgan fingerprint density at radius 1 is 0.900 bits per heavy atom. The summed E-state index contributed by atoms with van der Waals surface area (Å²) in [5.74, 6) is 7.34. The van der Waals surface area contributed by atoms with Gasteiger partial charge in [-0.1, -0.05) is 30.3 Å². The topological polar surface area (TPSA) is 75.9 Å². The molecule has 0 aliphatic carbocycles. The monoisotopic (exact) mass is 265 g/mol. The maximum atomic E-state index is 5.39. The van der Waals surface area contributed by atoms with Gasteiger partial charge in [-0.25, -0.2) is 15.8 Å². The van der Waals surface area contributed by atoms with Gasteiger partial charge in [0.15, 0.2) is 0 Å². The molecule has 2 aromatic carbocycles. The normalized spacial score (nSPS) is 10.5. The van der Waals surface area contributed by atoms with Gasteiger partial charge in [0.05, 0.1) is 0 Å². The zero-order valence-corrected chi connectivity index (χ0v) is 11.1. The third-order valence-electron chi connectivity index (χ3n) is 3.01. The van der Waals surface area contributed by atoms with Crippen molar-refractivity contribution >= 4 is 28.1 Å². The number of aromatic nitrogens is 2. The second kappa shape index (κ2) is 5.14. The van der Waals surface area contributed by atoms with E-state index in [1.54, 1.807) is 6.07 Å². The molecule has 0 radical (unpaired) electrons. The molecular weight excluding hydrogens is 250 g/mol. The van der Waals surface area contributed by atoms with Crippen molar-refractivity contribution in [2.75, 3.05) is 10.7 Å². The Bertz CT molecular complexity index is 754. The molecule has 3 rings (SSSR count). The maximum absolute atomic E-state index is 5.39. The summed E-state index contributed by atoms with van der Waals surface area (Å²) in [5.41, 5.74) is 3.51. The van der Waals surface area contributed by atoms with Crippen molar-refractivity contribution in [1.29, 1.82) is 0 Å². The van der Waals surface area contributed by atoms with Gasteiger partial charge < -0.3 is 10.7 Å². The lowest BCUT2D eigenvalue weighted by Gasteiger charge is -2.09. The van der Waals surface area contributed by atoms with Crippen LogP contribution in [0.4, 0.5) is 17.3 Å². The number of aryl methyl sites for hydroxylation is 1. The average Bonchev–Trinajstić information content (AvgIpc) is 2.46. The minimum absolute atomic E-state index is 0.584. The molecule has 20 heavy (non-hydrogen) atoms. The van der Waals surface area contributed by atoms with Crippen LogP contribution in [0.2, 0.25) is 0 Å². The van der Waals surface area contributed by atoms with Gasteiger partial charge in [0.2, 0.25) is 0 Å². The van der Waals surface area contributed by atoms with Gasteiger partial charge in [0.1, 0.15) is 17.5 Å². The Morgan fingerprint density at radius 3 is 2.45 bits per heavy atom. The number of anilines is 3. The molecule has 0 atom stereocenters. The fourth-order valence-electron chi connectivity index (χ4n) is 2.12. The number of hydrazine groups is 1. The van der Waals surface area contributed by atoms with Crippen LogP contribution in [0.25, 0.3) is 10.8 Å². The van der Waals surface area contributed by atoms with E-state index < -0.39 is 0 Å². The molecule has 0 saturated heterocycles. The second-order valence-electron chi connectivity index (χ2n) is 4.52. The van der Waals surface area contributed by atoms with Crippen molar-refractivity contribution in [3.8, 4) is 0 Å². The molecule has 4 N–H and O–H groups in total. The Balaban J connectivity index is 1.94. The maximum Gasteiger partial charge on any atom is 0.145 e. The summed E-state index contributed by atoms with van der Waals surface area (Å²) in [4.78, 5) is 8.50. The lowest BCUT2D eigenvalue weighted by molar-refractivity contribution is 1.05. The van der Waals surface area contributed by atoms with Gasteiger partial charge in [-0.2, -0.15) is 0 Å². The molecule has 5 nitrogen and oxygen atoms in total. The van der Waals surface area contributed by atoms with E-state index in [1.807, 2.05) is 25.1 Å². The van der Waals surface area contributed by atoms with E-state index in [4.69, 9.17) is 5.84 Å². The van der Waals surface area contributed by atoms with E-state index in [9.17, 15) is 0 Å². The molecule has 0 fully saturated rings. The summed E-state index contributed by atoms with van der Waals surface area (Å²) in [5, 5.41) is 5.66. The van der Waals surface area contributed by atoms with Crippen LogP contribution in [-0.4, -0.2) is 9.97 Å². The van der Waals surface area contributed by atoms with E-state index in [0.717, 1.165) is 5.69 Å². The predicted molar refractivity (Wildman–Crippen MR) is 81.8 cm³/mol. The highest BCUT2D eigenvalue weighted by Crippen LogP contribution is 2.22. The van der Waals surface area contributed by atoms with Gasteiger partial charge in [0, 0.05) is 11.8 Å². The molecule has 0 unspecified atom stereocenters. The zero-order chi connectivity index (χ0) is 13.9. The first-order valence-corrected chi connectivity index (χ1v) is 6.33. The van der Waals surface area contributed by atoms with Crippen LogP contribution in [0.15, 0.2) is 48.5 Å². The summed E-state index contributed by atoms with van der Waals surface area (Å²) < 4.78 is 0. The summed E-state index contributed by atoms with van der Waals surface area (Å²) in [6.45, 7) is 1.83. The number of nitrogens with zero attached hydrogens (tertiary/aromatic N) is 2. The van der Waals surface area contributed by atoms with Crippen LogP contribution in [0.1, 0.15) is 5.82 Å². The largest absolute Gasteiger partial charge is 0.340 e. The second-order valence-corrected chi connectivity index (χ2v) is 4.52. The number of nitrogen functional groups attached to an aromatic ring is 1. The highest BCUT2D eigenvalue weighted by Gasteiger charge is 2.02. The first-order chi connectivity index (χ1) is 9.74. The fourth-order valence-corrected chi connectivity index (χ4v) is 2.12. The molecule has 0 amide bonds. The molecule has 0 saturated carbocycles. The lowest BCUT2D eigenvalue weighted by atomic mass is 10.1. The van der Waals surface area contributed by atoms with E-state index in [1.165, 1.54) is 10.8 Å². The Morgan fingerprint density at radius 2 is 1.65 bits per heavy atom. The van der Waals surface area contributed by atoms with Gasteiger partial charge in [-0.05, 0) is 29.8 Å². The van der Waals surface area contributed by atoms with Crippen LogP contribution in [-0.2, 0) is 0 Å². The molecule has 100 valence electrons. The van der Waals surface area contributed by atoms with Crippen LogP contribution in [0.3, 0.4) is 0 Å². The molecular formula is C15H15N5. The molecule has 0 bridgehead atoms. The third-order valence-corrected chi connectivity index (χ3v) is 3.01. The summed E-state index contributed by atoms with van der Waals surface area (Å²) in [7, 11) is 0. The van der Waals surface area contributed by atoms with Crippen molar-refractivity contribution in [3.05, 3.63) is 54.4 Å². The van der Waals surface area contributed by atoms with E-state index >= 15 is 0 Å². The summed E-state index contributed by atoms with van der Waals surface area (Å²) in [6.07, 6.45) is 0. The van der Waals surface area contributed by atoms with Crippen molar-refractivity contribution in [1.82, 2.24) is 9.97 Å². The molecule has 3 aromatic rings. The van der Waals surface area contributed by atoms with Crippen LogP contribution in [0.5, 0.6) is 0 Å². The average molecular weight is 265 g/mol. The van der Waals surface area contributed by atoms with Crippen molar-refractivity contribution in [3.63, 3.8) is 0 Å². The van der Waals surface area contributed by atoms with E-state index in [-0.39, 0.29) is 0 Å². The standard InChI is InChI=1S/C15H15N5/c1-10-17-14(9-15(18-10)20-16)19-13-7-6-11-4-2-3-5-12(11)8-13/h2-9H,16H2,1H3,(H2,17,18,19,20). The lowest BCUT2D eigenvalue weighted by Crippen LogP contribution is -2.10. The fraction of sp³-hybridized carbons (Fsp3) is 0.0667. The number of benzene rings is 2. The molecule has 5 heteroatoms. The van der Waals surface area contributed by atoms with Crippen molar-refractivity contribution in [2.24, 2.45) is 5.84 Å². The van der Waals surface area contributed by atoms with E-state index in [2.05, 4.69) is 45.0 Å². The van der Waals surface area contributed by atoms with E-state index in [0.29, 0.717) is 17.5 Å². The highest BCUT2D eigenvalue weighted by atomic mass is 15.3. The van der Waals surface area contributed by atoms with Crippen molar-refractivity contribution in [2.45, 2.75) is 6.92 Å². The number of rotatable bonds is 3. The molecule has 1 heterocycles. The number of hydrogen-bond acceptors (Lipinski definition) is 5. The highest BCUT2D eigenvalue weighted by molar-refractivity contribution is 5.86. The minimum atomic E-state index is 0.584. The smallest absolute Gasteiger partial charge is 0.145 e. The molecule has 0 spiro atoms. The Labute approximate surface area is 116 Å².